The van der Waals surface area contributed by atoms with Gasteiger partial charge in [-0.2, -0.15) is 0 Å². The highest BCUT2D eigenvalue weighted by atomic mass is 16.5. The fourth-order valence-electron chi connectivity index (χ4n) is 1.76. The Kier molecular flexibility index (Phi) is 5.51. The molecule has 5 nitrogen and oxygen atoms in total. The lowest BCUT2D eigenvalue weighted by atomic mass is 10.1. The van der Waals surface area contributed by atoms with Crippen LogP contribution in [0.15, 0.2) is 24.3 Å². The van der Waals surface area contributed by atoms with Crippen LogP contribution in [-0.4, -0.2) is 41.6 Å². The lowest BCUT2D eigenvalue weighted by Gasteiger charge is -2.25. The first-order valence-electron chi connectivity index (χ1n) is 6.06. The first-order chi connectivity index (χ1) is 8.95. The maximum Gasteiger partial charge on any atom is 0.323 e. The zero-order valence-corrected chi connectivity index (χ0v) is 11.4. The topological polar surface area (TPSA) is 66.8 Å². The summed E-state index contributed by atoms with van der Waals surface area (Å²) in [5.41, 5.74) is 1.36. The Labute approximate surface area is 112 Å². The van der Waals surface area contributed by atoms with Gasteiger partial charge < -0.3 is 14.7 Å². The highest BCUT2D eigenvalue weighted by molar-refractivity contribution is 5.96. The van der Waals surface area contributed by atoms with Crippen LogP contribution < -0.4 is 0 Å². The zero-order valence-electron chi connectivity index (χ0n) is 11.4. The van der Waals surface area contributed by atoms with Gasteiger partial charge in [0, 0.05) is 18.7 Å². The molecule has 104 valence electrons. The molecule has 0 aliphatic carbocycles. The summed E-state index contributed by atoms with van der Waals surface area (Å²) in [7, 11) is 1.58. The summed E-state index contributed by atoms with van der Waals surface area (Å²) >= 11 is 0. The molecule has 1 N–H and O–H groups in total. The molecule has 0 heterocycles. The molecular formula is C14H19NO4. The minimum atomic E-state index is -1.02. The second-order valence-corrected chi connectivity index (χ2v) is 4.55. The molecule has 0 saturated carbocycles. The van der Waals surface area contributed by atoms with Gasteiger partial charge in [-0.15, -0.1) is 0 Å². The molecule has 0 bridgehead atoms. The third kappa shape index (κ3) is 4.37. The number of rotatable bonds is 6. The van der Waals surface area contributed by atoms with Crippen LogP contribution in [-0.2, 0) is 16.1 Å². The monoisotopic (exact) mass is 265 g/mol. The fraction of sp³-hybridized carbons (Fsp3) is 0.429. The largest absolute Gasteiger partial charge is 0.480 e. The van der Waals surface area contributed by atoms with Gasteiger partial charge in [-0.05, 0) is 31.5 Å². The SMILES string of the molecule is COCc1cccc(C(=O)N(CC(=O)O)C(C)C)c1. The summed E-state index contributed by atoms with van der Waals surface area (Å²) in [5, 5.41) is 8.85. The van der Waals surface area contributed by atoms with Crippen LogP contribution in [0.5, 0.6) is 0 Å². The van der Waals surface area contributed by atoms with Gasteiger partial charge in [0.1, 0.15) is 6.54 Å². The number of carbonyl (C=O) groups excluding carboxylic acids is 1. The third-order valence-corrected chi connectivity index (χ3v) is 2.67. The van der Waals surface area contributed by atoms with Crippen molar-refractivity contribution in [2.45, 2.75) is 26.5 Å². The van der Waals surface area contributed by atoms with Gasteiger partial charge in [-0.3, -0.25) is 9.59 Å². The van der Waals surface area contributed by atoms with E-state index in [2.05, 4.69) is 0 Å². The second-order valence-electron chi connectivity index (χ2n) is 4.55. The molecule has 1 aromatic carbocycles. The Morgan fingerprint density at radius 1 is 1.37 bits per heavy atom. The van der Waals surface area contributed by atoms with Crippen molar-refractivity contribution in [1.29, 1.82) is 0 Å². The van der Waals surface area contributed by atoms with Gasteiger partial charge in [-0.1, -0.05) is 12.1 Å². The minimum absolute atomic E-state index is 0.172. The summed E-state index contributed by atoms with van der Waals surface area (Å²) in [6, 6.07) is 6.86. The molecule has 0 unspecified atom stereocenters. The smallest absolute Gasteiger partial charge is 0.323 e. The van der Waals surface area contributed by atoms with Crippen molar-refractivity contribution in [2.24, 2.45) is 0 Å². The summed E-state index contributed by atoms with van der Waals surface area (Å²) in [4.78, 5) is 24.4. The molecule has 5 heteroatoms. The Morgan fingerprint density at radius 2 is 2.05 bits per heavy atom. The molecule has 0 aliphatic heterocycles. The highest BCUT2D eigenvalue weighted by Gasteiger charge is 2.21. The van der Waals surface area contributed by atoms with Crippen LogP contribution in [0.4, 0.5) is 0 Å². The maximum absolute atomic E-state index is 12.3. The van der Waals surface area contributed by atoms with Crippen LogP contribution >= 0.6 is 0 Å². The van der Waals surface area contributed by atoms with E-state index in [1.54, 1.807) is 39.2 Å². The van der Waals surface area contributed by atoms with E-state index in [0.717, 1.165) is 5.56 Å². The first-order valence-corrected chi connectivity index (χ1v) is 6.06. The summed E-state index contributed by atoms with van der Waals surface area (Å²) in [5.74, 6) is -1.30. The van der Waals surface area contributed by atoms with Crippen molar-refractivity contribution in [3.05, 3.63) is 35.4 Å². The number of hydrogen-bond donors (Lipinski definition) is 1. The number of nitrogens with zero attached hydrogens (tertiary/aromatic N) is 1. The predicted octanol–water partition coefficient (Wildman–Crippen LogP) is 1.77. The van der Waals surface area contributed by atoms with E-state index in [0.29, 0.717) is 12.2 Å². The van der Waals surface area contributed by atoms with E-state index in [1.165, 1.54) is 4.90 Å². The van der Waals surface area contributed by atoms with E-state index >= 15 is 0 Å². The quantitative estimate of drug-likeness (QED) is 0.851. The molecule has 19 heavy (non-hydrogen) atoms. The number of benzene rings is 1. The van der Waals surface area contributed by atoms with Crippen molar-refractivity contribution in [3.63, 3.8) is 0 Å². The molecule has 1 rings (SSSR count). The van der Waals surface area contributed by atoms with Crippen molar-refractivity contribution >= 4 is 11.9 Å². The van der Waals surface area contributed by atoms with E-state index in [1.807, 2.05) is 6.07 Å². The zero-order chi connectivity index (χ0) is 14.4. The lowest BCUT2D eigenvalue weighted by molar-refractivity contribution is -0.138. The van der Waals surface area contributed by atoms with E-state index in [4.69, 9.17) is 9.84 Å². The van der Waals surface area contributed by atoms with Crippen molar-refractivity contribution in [2.75, 3.05) is 13.7 Å². The molecule has 1 aromatic rings. The van der Waals surface area contributed by atoms with Crippen LogP contribution in [0.25, 0.3) is 0 Å². The Hall–Kier alpha value is -1.88. The summed E-state index contributed by atoms with van der Waals surface area (Å²) in [6.45, 7) is 3.70. The predicted molar refractivity (Wildman–Crippen MR) is 71.0 cm³/mol. The van der Waals surface area contributed by atoms with Gasteiger partial charge in [0.25, 0.3) is 5.91 Å². The van der Waals surface area contributed by atoms with E-state index in [9.17, 15) is 9.59 Å². The molecule has 0 spiro atoms. The minimum Gasteiger partial charge on any atom is -0.480 e. The van der Waals surface area contributed by atoms with E-state index < -0.39 is 5.97 Å². The van der Waals surface area contributed by atoms with E-state index in [-0.39, 0.29) is 18.5 Å². The van der Waals surface area contributed by atoms with Crippen LogP contribution in [0.2, 0.25) is 0 Å². The molecule has 0 aromatic heterocycles. The summed E-state index contributed by atoms with van der Waals surface area (Å²) in [6.07, 6.45) is 0. The highest BCUT2D eigenvalue weighted by Crippen LogP contribution is 2.11. The number of carboxylic acid groups (broad SMARTS) is 1. The van der Waals surface area contributed by atoms with Gasteiger partial charge in [0.15, 0.2) is 0 Å². The van der Waals surface area contributed by atoms with Crippen molar-refractivity contribution in [3.8, 4) is 0 Å². The Balaban J connectivity index is 2.95. The second kappa shape index (κ2) is 6.89. The number of methoxy groups -OCH3 is 1. The number of ether oxygens (including phenoxy) is 1. The average Bonchev–Trinajstić information content (AvgIpc) is 2.35. The van der Waals surface area contributed by atoms with Crippen LogP contribution in [0.3, 0.4) is 0 Å². The van der Waals surface area contributed by atoms with Crippen molar-refractivity contribution < 1.29 is 19.4 Å². The number of carboxylic acids is 1. The Bertz CT molecular complexity index is 457. The Morgan fingerprint density at radius 3 is 2.58 bits per heavy atom. The number of amides is 1. The third-order valence-electron chi connectivity index (χ3n) is 2.67. The number of carbonyl (C=O) groups is 2. The van der Waals surface area contributed by atoms with Gasteiger partial charge in [0.05, 0.1) is 6.61 Å². The molecule has 0 saturated heterocycles. The molecule has 0 radical (unpaired) electrons. The molecule has 0 atom stereocenters. The maximum atomic E-state index is 12.3. The standard InChI is InChI=1S/C14H19NO4/c1-10(2)15(8-13(16)17)14(18)12-6-4-5-11(7-12)9-19-3/h4-7,10H,8-9H2,1-3H3,(H,16,17). The molecular weight excluding hydrogens is 246 g/mol. The fourth-order valence-corrected chi connectivity index (χ4v) is 1.76. The van der Waals surface area contributed by atoms with Gasteiger partial charge in [-0.25, -0.2) is 0 Å². The van der Waals surface area contributed by atoms with Gasteiger partial charge >= 0.3 is 5.97 Å². The lowest BCUT2D eigenvalue weighted by Crippen LogP contribution is -2.40. The molecule has 0 fully saturated rings. The number of hydrogen-bond acceptors (Lipinski definition) is 3. The van der Waals surface area contributed by atoms with Crippen molar-refractivity contribution in [1.82, 2.24) is 4.90 Å². The summed E-state index contributed by atoms with van der Waals surface area (Å²) < 4.78 is 5.02. The number of aliphatic carboxylic acids is 1. The molecule has 0 aliphatic rings. The van der Waals surface area contributed by atoms with Crippen LogP contribution in [0.1, 0.15) is 29.8 Å². The first kappa shape index (κ1) is 15.2. The average molecular weight is 265 g/mol. The van der Waals surface area contributed by atoms with Gasteiger partial charge in [0.2, 0.25) is 0 Å². The molecule has 1 amide bonds. The normalized spacial score (nSPS) is 10.5. The van der Waals surface area contributed by atoms with Crippen LogP contribution in [0, 0.1) is 0 Å².